The number of alkyl halides is 5. The highest BCUT2D eigenvalue weighted by Gasteiger charge is 2.38. The fraction of sp³-hybridized carbons (Fsp3) is 0.385. The molecule has 0 aliphatic carbocycles. The van der Waals surface area contributed by atoms with E-state index in [4.69, 9.17) is 21.5 Å². The number of anilines is 1. The van der Waals surface area contributed by atoms with Crippen LogP contribution in [0.4, 0.5) is 23.2 Å². The maximum absolute atomic E-state index is 12.4. The second kappa shape index (κ2) is 9.19. The lowest BCUT2D eigenvalue weighted by molar-refractivity contribution is -0.192. The number of benzene rings is 1. The van der Waals surface area contributed by atoms with Crippen molar-refractivity contribution in [3.05, 3.63) is 29.8 Å². The van der Waals surface area contributed by atoms with Crippen LogP contribution < -0.4 is 10.2 Å². The largest absolute Gasteiger partial charge is 0.490 e. The van der Waals surface area contributed by atoms with Crippen LogP contribution in [0.3, 0.4) is 0 Å². The van der Waals surface area contributed by atoms with Gasteiger partial charge in [-0.1, -0.05) is 23.7 Å². The van der Waals surface area contributed by atoms with Gasteiger partial charge in [-0.05, 0) is 17.7 Å². The molecule has 0 fully saturated rings. The first-order chi connectivity index (χ1) is 10.4. The maximum atomic E-state index is 12.4. The Labute approximate surface area is 134 Å². The molecule has 23 heavy (non-hydrogen) atoms. The maximum Gasteiger partial charge on any atom is 0.490 e. The number of carbonyl (C=O) groups excluding carboxylic acids is 1. The van der Waals surface area contributed by atoms with Crippen molar-refractivity contribution in [3.8, 4) is 0 Å². The fourth-order valence-corrected chi connectivity index (χ4v) is 1.29. The van der Waals surface area contributed by atoms with Crippen molar-refractivity contribution in [2.24, 2.45) is 0 Å². The number of aliphatic carboxylic acids is 1. The molecule has 1 aromatic rings. The SMILES string of the molecule is CN(C)c1cccc(CNC(=O)C(F)Cl)c1.O=C(O)C(F)(F)F. The van der Waals surface area contributed by atoms with Gasteiger partial charge in [-0.15, -0.1) is 0 Å². The number of carboxylic acid groups (broad SMARTS) is 1. The minimum atomic E-state index is -5.08. The van der Waals surface area contributed by atoms with E-state index in [0.717, 1.165) is 11.3 Å². The van der Waals surface area contributed by atoms with Gasteiger partial charge in [0.2, 0.25) is 0 Å². The van der Waals surface area contributed by atoms with Crippen molar-refractivity contribution in [2.75, 3.05) is 19.0 Å². The first-order valence-electron chi connectivity index (χ1n) is 6.07. The van der Waals surface area contributed by atoms with Crippen LogP contribution >= 0.6 is 11.6 Å². The number of nitrogens with one attached hydrogen (secondary N) is 1. The van der Waals surface area contributed by atoms with E-state index in [1.165, 1.54) is 0 Å². The zero-order chi connectivity index (χ0) is 18.2. The molecular formula is C13H15ClF4N2O3. The van der Waals surface area contributed by atoms with Gasteiger partial charge < -0.3 is 15.3 Å². The Morgan fingerprint density at radius 3 is 2.26 bits per heavy atom. The molecule has 0 aliphatic rings. The molecule has 0 aliphatic heterocycles. The molecule has 1 aromatic carbocycles. The predicted octanol–water partition coefficient (Wildman–Crippen LogP) is 2.54. The topological polar surface area (TPSA) is 69.6 Å². The Balaban J connectivity index is 0.000000585. The molecule has 0 saturated heterocycles. The molecule has 0 aromatic heterocycles. The van der Waals surface area contributed by atoms with Crippen LogP contribution in [0.2, 0.25) is 0 Å². The van der Waals surface area contributed by atoms with Gasteiger partial charge in [0.1, 0.15) is 0 Å². The number of hydrogen-bond acceptors (Lipinski definition) is 3. The van der Waals surface area contributed by atoms with E-state index in [1.807, 2.05) is 43.3 Å². The van der Waals surface area contributed by atoms with E-state index in [9.17, 15) is 22.4 Å². The minimum Gasteiger partial charge on any atom is -0.475 e. The number of nitrogens with zero attached hydrogens (tertiary/aromatic N) is 1. The molecule has 0 spiro atoms. The summed E-state index contributed by atoms with van der Waals surface area (Å²) in [6.45, 7) is 0.271. The second-order valence-electron chi connectivity index (χ2n) is 4.39. The molecule has 130 valence electrons. The van der Waals surface area contributed by atoms with Crippen LogP contribution in [0.5, 0.6) is 0 Å². The number of carbonyl (C=O) groups is 2. The minimum absolute atomic E-state index is 0.271. The average molecular weight is 359 g/mol. The Kier molecular flexibility index (Phi) is 8.38. The fourth-order valence-electron chi connectivity index (χ4n) is 1.21. The van der Waals surface area contributed by atoms with E-state index in [0.29, 0.717) is 0 Å². The molecule has 1 rings (SSSR count). The van der Waals surface area contributed by atoms with Crippen molar-refractivity contribution >= 4 is 29.2 Å². The van der Waals surface area contributed by atoms with E-state index < -0.39 is 23.7 Å². The summed E-state index contributed by atoms with van der Waals surface area (Å²) in [5.74, 6) is -3.57. The first-order valence-corrected chi connectivity index (χ1v) is 6.51. The molecule has 1 unspecified atom stereocenters. The highest BCUT2D eigenvalue weighted by Crippen LogP contribution is 2.13. The predicted molar refractivity (Wildman–Crippen MR) is 77.1 cm³/mol. The number of hydrogen-bond donors (Lipinski definition) is 2. The molecule has 0 heterocycles. The lowest BCUT2D eigenvalue weighted by Crippen LogP contribution is -2.28. The third-order valence-corrected chi connectivity index (χ3v) is 2.53. The molecule has 10 heteroatoms. The van der Waals surface area contributed by atoms with Gasteiger partial charge in [0.25, 0.3) is 11.5 Å². The summed E-state index contributed by atoms with van der Waals surface area (Å²) in [5.41, 5.74) is -0.0664. The normalized spacial score (nSPS) is 11.8. The van der Waals surface area contributed by atoms with Crippen molar-refractivity contribution in [1.29, 1.82) is 0 Å². The third-order valence-electron chi connectivity index (χ3n) is 2.33. The lowest BCUT2D eigenvalue weighted by atomic mass is 10.2. The highest BCUT2D eigenvalue weighted by molar-refractivity contribution is 6.29. The van der Waals surface area contributed by atoms with Crippen LogP contribution in [-0.4, -0.2) is 42.9 Å². The van der Waals surface area contributed by atoms with Crippen LogP contribution in [0, 0.1) is 0 Å². The summed E-state index contributed by atoms with van der Waals surface area (Å²) in [6, 6.07) is 7.60. The van der Waals surface area contributed by atoms with Crippen LogP contribution in [0.25, 0.3) is 0 Å². The van der Waals surface area contributed by atoms with Crippen molar-refractivity contribution in [1.82, 2.24) is 5.32 Å². The summed E-state index contributed by atoms with van der Waals surface area (Å²) in [6.07, 6.45) is -5.08. The van der Waals surface area contributed by atoms with E-state index in [1.54, 1.807) is 0 Å². The summed E-state index contributed by atoms with van der Waals surface area (Å²) < 4.78 is 44.1. The molecule has 0 bridgehead atoms. The van der Waals surface area contributed by atoms with Gasteiger partial charge in [0, 0.05) is 26.3 Å². The number of halogens is 5. The molecule has 1 atom stereocenters. The van der Waals surface area contributed by atoms with Gasteiger partial charge in [0.05, 0.1) is 0 Å². The summed E-state index contributed by atoms with van der Waals surface area (Å²) in [4.78, 5) is 21.8. The molecule has 1 amide bonds. The van der Waals surface area contributed by atoms with Gasteiger partial charge in [-0.3, -0.25) is 4.79 Å². The summed E-state index contributed by atoms with van der Waals surface area (Å²) >= 11 is 4.99. The Morgan fingerprint density at radius 1 is 1.35 bits per heavy atom. The van der Waals surface area contributed by atoms with Crippen molar-refractivity contribution in [3.63, 3.8) is 0 Å². The van der Waals surface area contributed by atoms with E-state index in [2.05, 4.69) is 5.32 Å². The molecule has 2 N–H and O–H groups in total. The monoisotopic (exact) mass is 358 g/mol. The van der Waals surface area contributed by atoms with Gasteiger partial charge >= 0.3 is 12.1 Å². The summed E-state index contributed by atoms with van der Waals surface area (Å²) in [7, 11) is 3.85. The molecule has 0 radical (unpaired) electrons. The standard InChI is InChI=1S/C11H14ClFN2O.C2HF3O2/c1-15(2)9-5-3-4-8(6-9)7-14-11(16)10(12)13;3-2(4,5)1(6)7/h3-6,10H,7H2,1-2H3,(H,14,16);(H,6,7). The van der Waals surface area contributed by atoms with E-state index >= 15 is 0 Å². The second-order valence-corrected chi connectivity index (χ2v) is 4.77. The van der Waals surface area contributed by atoms with E-state index in [-0.39, 0.29) is 6.54 Å². The van der Waals surface area contributed by atoms with Gasteiger partial charge in [-0.25, -0.2) is 9.18 Å². The quantitative estimate of drug-likeness (QED) is 0.641. The molecule has 0 saturated carbocycles. The lowest BCUT2D eigenvalue weighted by Gasteiger charge is -2.13. The number of rotatable bonds is 4. The van der Waals surface area contributed by atoms with Gasteiger partial charge in [0.15, 0.2) is 0 Å². The zero-order valence-electron chi connectivity index (χ0n) is 12.2. The average Bonchev–Trinajstić information content (AvgIpc) is 2.44. The van der Waals surface area contributed by atoms with Gasteiger partial charge in [-0.2, -0.15) is 13.2 Å². The Bertz CT molecular complexity index is 536. The zero-order valence-corrected chi connectivity index (χ0v) is 13.0. The molecular weight excluding hydrogens is 344 g/mol. The highest BCUT2D eigenvalue weighted by atomic mass is 35.5. The Hall–Kier alpha value is -2.03. The Morgan fingerprint density at radius 2 is 1.87 bits per heavy atom. The van der Waals surface area contributed by atoms with Crippen LogP contribution in [-0.2, 0) is 16.1 Å². The third kappa shape index (κ3) is 8.87. The van der Waals surface area contributed by atoms with Crippen molar-refractivity contribution in [2.45, 2.75) is 18.4 Å². The number of carboxylic acids is 1. The van der Waals surface area contributed by atoms with Crippen LogP contribution in [0.15, 0.2) is 24.3 Å². The number of amides is 1. The smallest absolute Gasteiger partial charge is 0.475 e. The first kappa shape index (κ1) is 21.0. The van der Waals surface area contributed by atoms with Crippen LogP contribution in [0.1, 0.15) is 5.56 Å². The van der Waals surface area contributed by atoms with Crippen molar-refractivity contribution < 1.29 is 32.3 Å². The molecule has 5 nitrogen and oxygen atoms in total. The summed E-state index contributed by atoms with van der Waals surface area (Å²) in [5, 5.41) is 9.53.